The maximum Gasteiger partial charge on any atom is 0.191 e. The molecule has 1 aliphatic heterocycles. The maximum atomic E-state index is 10.0. The van der Waals surface area contributed by atoms with Gasteiger partial charge >= 0.3 is 0 Å². The average Bonchev–Trinajstić information content (AvgIpc) is 2.66. The second-order valence-corrected chi connectivity index (χ2v) is 6.80. The quantitative estimate of drug-likeness (QED) is 0.490. The molecular formula is C20H34N4O2. The summed E-state index contributed by atoms with van der Waals surface area (Å²) in [6.45, 7) is 9.04. The van der Waals surface area contributed by atoms with Crippen LogP contribution in [0.4, 0.5) is 0 Å². The molecule has 1 aliphatic rings. The summed E-state index contributed by atoms with van der Waals surface area (Å²) < 4.78 is 5.23. The zero-order valence-corrected chi connectivity index (χ0v) is 16.4. The van der Waals surface area contributed by atoms with Crippen LogP contribution in [0.15, 0.2) is 23.2 Å². The first-order chi connectivity index (χ1) is 12.7. The van der Waals surface area contributed by atoms with Crippen LogP contribution >= 0.6 is 0 Å². The highest BCUT2D eigenvalue weighted by Gasteiger charge is 2.19. The lowest BCUT2D eigenvalue weighted by atomic mass is 10.0. The van der Waals surface area contributed by atoms with Crippen molar-refractivity contribution < 1.29 is 9.84 Å². The third-order valence-corrected chi connectivity index (χ3v) is 4.79. The van der Waals surface area contributed by atoms with Gasteiger partial charge in [-0.05, 0) is 50.9 Å². The van der Waals surface area contributed by atoms with E-state index < -0.39 is 0 Å². The van der Waals surface area contributed by atoms with Crippen LogP contribution in [0.5, 0.6) is 11.5 Å². The Morgan fingerprint density at radius 1 is 1.31 bits per heavy atom. The lowest BCUT2D eigenvalue weighted by Gasteiger charge is -2.33. The average molecular weight is 363 g/mol. The summed E-state index contributed by atoms with van der Waals surface area (Å²) in [4.78, 5) is 7.20. The number of phenols is 1. The van der Waals surface area contributed by atoms with Gasteiger partial charge in [0.2, 0.25) is 0 Å². The van der Waals surface area contributed by atoms with Crippen LogP contribution in [0.1, 0.15) is 45.1 Å². The second kappa shape index (κ2) is 10.9. The Labute approximate surface area is 157 Å². The molecule has 146 valence electrons. The molecule has 1 heterocycles. The molecule has 0 amide bonds. The van der Waals surface area contributed by atoms with Gasteiger partial charge in [-0.1, -0.05) is 13.3 Å². The summed E-state index contributed by atoms with van der Waals surface area (Å²) in [6, 6.07) is 5.67. The molecule has 0 aromatic heterocycles. The molecule has 3 N–H and O–H groups in total. The number of aliphatic imine (C=N–C) groups is 1. The van der Waals surface area contributed by atoms with Crippen molar-refractivity contribution >= 4 is 5.96 Å². The Kier molecular flexibility index (Phi) is 8.54. The highest BCUT2D eigenvalue weighted by molar-refractivity contribution is 5.80. The minimum atomic E-state index is 0.245. The van der Waals surface area contributed by atoms with Crippen LogP contribution in [0.2, 0.25) is 0 Å². The van der Waals surface area contributed by atoms with Crippen molar-refractivity contribution in [1.82, 2.24) is 15.5 Å². The maximum absolute atomic E-state index is 10.0. The van der Waals surface area contributed by atoms with Gasteiger partial charge in [-0.25, -0.2) is 4.99 Å². The van der Waals surface area contributed by atoms with E-state index in [4.69, 9.17) is 4.74 Å². The molecule has 0 aliphatic carbocycles. The molecule has 0 saturated carbocycles. The molecule has 6 nitrogen and oxygen atoms in total. The molecule has 0 spiro atoms. The van der Waals surface area contributed by atoms with Gasteiger partial charge < -0.3 is 25.4 Å². The summed E-state index contributed by atoms with van der Waals surface area (Å²) in [5.41, 5.74) is 0.760. The van der Waals surface area contributed by atoms with E-state index in [1.54, 1.807) is 19.2 Å². The number of ether oxygens (including phenoxy) is 1. The van der Waals surface area contributed by atoms with Gasteiger partial charge in [0, 0.05) is 31.2 Å². The number of hydrogen-bond donors (Lipinski definition) is 3. The molecule has 0 unspecified atom stereocenters. The number of hydrogen-bond acceptors (Lipinski definition) is 4. The molecule has 1 aromatic rings. The number of rotatable bonds is 8. The van der Waals surface area contributed by atoms with Gasteiger partial charge in [0.25, 0.3) is 0 Å². The fourth-order valence-corrected chi connectivity index (χ4v) is 3.18. The summed E-state index contributed by atoms with van der Waals surface area (Å²) in [5.74, 6) is 1.78. The largest absolute Gasteiger partial charge is 0.508 e. The fourth-order valence-electron chi connectivity index (χ4n) is 3.18. The number of piperidine rings is 1. The highest BCUT2D eigenvalue weighted by atomic mass is 16.5. The number of methoxy groups -OCH3 is 1. The van der Waals surface area contributed by atoms with Crippen LogP contribution in [0, 0.1) is 0 Å². The van der Waals surface area contributed by atoms with Crippen molar-refractivity contribution in [1.29, 1.82) is 0 Å². The van der Waals surface area contributed by atoms with E-state index in [0.29, 0.717) is 12.6 Å². The number of guanidine groups is 1. The molecule has 0 radical (unpaired) electrons. The van der Waals surface area contributed by atoms with Crippen LogP contribution < -0.4 is 15.4 Å². The number of nitrogens with zero attached hydrogens (tertiary/aromatic N) is 2. The first-order valence-electron chi connectivity index (χ1n) is 9.79. The summed E-state index contributed by atoms with van der Waals surface area (Å²) in [7, 11) is 1.62. The molecule has 1 fully saturated rings. The number of benzene rings is 1. The number of aromatic hydroxyl groups is 1. The van der Waals surface area contributed by atoms with E-state index in [-0.39, 0.29) is 5.75 Å². The Bertz CT molecular complexity index is 569. The van der Waals surface area contributed by atoms with Gasteiger partial charge in [0.15, 0.2) is 5.96 Å². The molecule has 2 rings (SSSR count). The van der Waals surface area contributed by atoms with Crippen molar-refractivity contribution in [3.63, 3.8) is 0 Å². The SMILES string of the molecule is CCCCN1CCC(NC(=NCc2cc(OC)ccc2O)NCC)CC1. The second-order valence-electron chi connectivity index (χ2n) is 6.80. The van der Waals surface area contributed by atoms with Crippen LogP contribution in [0.3, 0.4) is 0 Å². The number of likely N-dealkylation sites (tertiary alicyclic amines) is 1. The van der Waals surface area contributed by atoms with Crippen molar-refractivity contribution in [3.8, 4) is 11.5 Å². The summed E-state index contributed by atoms with van der Waals surface area (Å²) in [5, 5.41) is 16.9. The number of unbranched alkanes of at least 4 members (excludes halogenated alkanes) is 1. The number of phenolic OH excluding ortho intramolecular Hbond substituents is 1. The van der Waals surface area contributed by atoms with E-state index in [1.165, 1.54) is 19.4 Å². The fraction of sp³-hybridized carbons (Fsp3) is 0.650. The molecular weight excluding hydrogens is 328 g/mol. The van der Waals surface area contributed by atoms with Crippen molar-refractivity contribution in [2.24, 2.45) is 4.99 Å². The van der Waals surface area contributed by atoms with E-state index in [9.17, 15) is 5.11 Å². The number of nitrogens with one attached hydrogen (secondary N) is 2. The van der Waals surface area contributed by atoms with Crippen LogP contribution in [-0.4, -0.2) is 55.3 Å². The lowest BCUT2D eigenvalue weighted by Crippen LogP contribution is -2.48. The third-order valence-electron chi connectivity index (χ3n) is 4.79. The predicted molar refractivity (Wildman–Crippen MR) is 107 cm³/mol. The van der Waals surface area contributed by atoms with Gasteiger partial charge in [0.05, 0.1) is 13.7 Å². The minimum Gasteiger partial charge on any atom is -0.508 e. The van der Waals surface area contributed by atoms with Crippen LogP contribution in [-0.2, 0) is 6.54 Å². The lowest BCUT2D eigenvalue weighted by molar-refractivity contribution is 0.203. The Hall–Kier alpha value is -1.95. The predicted octanol–water partition coefficient (Wildman–Crippen LogP) is 2.72. The monoisotopic (exact) mass is 362 g/mol. The molecule has 0 atom stereocenters. The van der Waals surface area contributed by atoms with Gasteiger partial charge in [0.1, 0.15) is 11.5 Å². The van der Waals surface area contributed by atoms with Gasteiger partial charge in [-0.2, -0.15) is 0 Å². The summed E-state index contributed by atoms with van der Waals surface area (Å²) in [6.07, 6.45) is 4.82. The topological polar surface area (TPSA) is 69.1 Å². The zero-order valence-electron chi connectivity index (χ0n) is 16.4. The molecule has 26 heavy (non-hydrogen) atoms. The van der Waals surface area contributed by atoms with Crippen molar-refractivity contribution in [2.45, 2.75) is 52.1 Å². The molecule has 0 bridgehead atoms. The van der Waals surface area contributed by atoms with Crippen molar-refractivity contribution in [3.05, 3.63) is 23.8 Å². The Morgan fingerprint density at radius 3 is 2.73 bits per heavy atom. The highest BCUT2D eigenvalue weighted by Crippen LogP contribution is 2.23. The molecule has 6 heteroatoms. The normalized spacial score (nSPS) is 16.5. The first kappa shape index (κ1) is 20.4. The minimum absolute atomic E-state index is 0.245. The Balaban J connectivity index is 1.91. The standard InChI is InChI=1S/C20H34N4O2/c1-4-6-11-24-12-9-17(10-13-24)23-20(21-5-2)22-15-16-14-18(26-3)7-8-19(16)25/h7-8,14,17,25H,4-6,9-13,15H2,1-3H3,(H2,21,22,23). The smallest absolute Gasteiger partial charge is 0.191 e. The van der Waals surface area contributed by atoms with Gasteiger partial charge in [-0.15, -0.1) is 0 Å². The zero-order chi connectivity index (χ0) is 18.8. The first-order valence-corrected chi connectivity index (χ1v) is 9.79. The van der Waals surface area contributed by atoms with Gasteiger partial charge in [-0.3, -0.25) is 0 Å². The molecule has 1 saturated heterocycles. The summed E-state index contributed by atoms with van der Waals surface area (Å²) >= 11 is 0. The Morgan fingerprint density at radius 2 is 2.08 bits per heavy atom. The van der Waals surface area contributed by atoms with E-state index >= 15 is 0 Å². The third kappa shape index (κ3) is 6.41. The van der Waals surface area contributed by atoms with E-state index in [2.05, 4.69) is 34.4 Å². The van der Waals surface area contributed by atoms with E-state index in [1.807, 2.05) is 6.07 Å². The van der Waals surface area contributed by atoms with Crippen molar-refractivity contribution in [2.75, 3.05) is 33.3 Å². The van der Waals surface area contributed by atoms with E-state index in [0.717, 1.165) is 49.7 Å². The van der Waals surface area contributed by atoms with Crippen LogP contribution in [0.25, 0.3) is 0 Å². The molecule has 1 aromatic carbocycles.